The second kappa shape index (κ2) is 8.77. The lowest BCUT2D eigenvalue weighted by Gasteiger charge is -2.35. The summed E-state index contributed by atoms with van der Waals surface area (Å²) in [7, 11) is 0. The van der Waals surface area contributed by atoms with Crippen molar-refractivity contribution in [3.8, 4) is 0 Å². The standard InChI is InChI=1S/C22H25N5O2/c1-2-25(17-18-7-4-3-5-8-18)22-23-11-10-20(24-22)26-12-14-27(15-13-26)21(28)19-9-6-16-29-19/h3-11,16H,2,12-15,17H2,1H3. The van der Waals surface area contributed by atoms with Crippen molar-refractivity contribution >= 4 is 17.7 Å². The van der Waals surface area contributed by atoms with Gasteiger partial charge in [0.25, 0.3) is 5.91 Å². The van der Waals surface area contributed by atoms with Gasteiger partial charge >= 0.3 is 0 Å². The van der Waals surface area contributed by atoms with Crippen LogP contribution in [0.3, 0.4) is 0 Å². The number of carbonyl (C=O) groups is 1. The summed E-state index contributed by atoms with van der Waals surface area (Å²) < 4.78 is 5.23. The number of hydrogen-bond donors (Lipinski definition) is 0. The zero-order valence-corrected chi connectivity index (χ0v) is 16.6. The Morgan fingerprint density at radius 1 is 1.07 bits per heavy atom. The molecule has 0 bridgehead atoms. The maximum absolute atomic E-state index is 12.4. The first-order chi connectivity index (χ1) is 14.2. The van der Waals surface area contributed by atoms with E-state index in [4.69, 9.17) is 9.40 Å². The number of rotatable bonds is 6. The Labute approximate surface area is 170 Å². The predicted molar refractivity (Wildman–Crippen MR) is 112 cm³/mol. The molecular weight excluding hydrogens is 366 g/mol. The summed E-state index contributed by atoms with van der Waals surface area (Å²) >= 11 is 0. The third-order valence-electron chi connectivity index (χ3n) is 5.13. The largest absolute Gasteiger partial charge is 0.459 e. The maximum atomic E-state index is 12.4. The van der Waals surface area contributed by atoms with Gasteiger partial charge in [0.15, 0.2) is 5.76 Å². The molecule has 0 spiro atoms. The minimum absolute atomic E-state index is 0.0574. The van der Waals surface area contributed by atoms with Gasteiger partial charge in [-0.25, -0.2) is 4.98 Å². The van der Waals surface area contributed by atoms with Crippen LogP contribution in [0.1, 0.15) is 23.0 Å². The molecule has 0 N–H and O–H groups in total. The minimum Gasteiger partial charge on any atom is -0.459 e. The predicted octanol–water partition coefficient (Wildman–Crippen LogP) is 3.06. The molecule has 1 fully saturated rings. The van der Waals surface area contributed by atoms with Gasteiger partial charge in [0, 0.05) is 45.5 Å². The van der Waals surface area contributed by atoms with E-state index in [0.29, 0.717) is 18.8 Å². The smallest absolute Gasteiger partial charge is 0.289 e. The zero-order chi connectivity index (χ0) is 20.1. The van der Waals surface area contributed by atoms with E-state index in [1.165, 1.54) is 11.8 Å². The molecule has 1 aliphatic heterocycles. The first-order valence-electron chi connectivity index (χ1n) is 9.94. The highest BCUT2D eigenvalue weighted by atomic mass is 16.3. The fourth-order valence-electron chi connectivity index (χ4n) is 3.49. The van der Waals surface area contributed by atoms with Gasteiger partial charge in [-0.3, -0.25) is 4.79 Å². The van der Waals surface area contributed by atoms with E-state index >= 15 is 0 Å². The van der Waals surface area contributed by atoms with Crippen molar-refractivity contribution in [2.75, 3.05) is 42.5 Å². The van der Waals surface area contributed by atoms with Crippen molar-refractivity contribution in [3.63, 3.8) is 0 Å². The number of furan rings is 1. The molecule has 1 amide bonds. The second-order valence-corrected chi connectivity index (χ2v) is 6.97. The molecule has 150 valence electrons. The molecular formula is C22H25N5O2. The van der Waals surface area contributed by atoms with Crippen LogP contribution in [0.2, 0.25) is 0 Å². The fraction of sp³-hybridized carbons (Fsp3) is 0.318. The third-order valence-corrected chi connectivity index (χ3v) is 5.13. The van der Waals surface area contributed by atoms with E-state index in [1.54, 1.807) is 12.1 Å². The first kappa shape index (κ1) is 19.0. The van der Waals surface area contributed by atoms with Crippen LogP contribution in [0.25, 0.3) is 0 Å². The topological polar surface area (TPSA) is 65.7 Å². The molecule has 4 rings (SSSR count). The molecule has 0 saturated carbocycles. The molecule has 2 aromatic heterocycles. The number of amides is 1. The number of benzene rings is 1. The van der Waals surface area contributed by atoms with Crippen molar-refractivity contribution in [1.29, 1.82) is 0 Å². The summed E-state index contributed by atoms with van der Waals surface area (Å²) in [6.45, 7) is 6.44. The van der Waals surface area contributed by atoms with Gasteiger partial charge in [-0.1, -0.05) is 30.3 Å². The van der Waals surface area contributed by atoms with E-state index in [1.807, 2.05) is 35.4 Å². The summed E-state index contributed by atoms with van der Waals surface area (Å²) in [5.74, 6) is 1.95. The SMILES string of the molecule is CCN(Cc1ccccc1)c1nccc(N2CCN(C(=O)c3ccco3)CC2)n1. The Bertz CT molecular complexity index is 921. The van der Waals surface area contributed by atoms with Crippen molar-refractivity contribution in [1.82, 2.24) is 14.9 Å². The fourth-order valence-corrected chi connectivity index (χ4v) is 3.49. The molecule has 3 aromatic rings. The molecule has 7 heteroatoms. The molecule has 0 atom stereocenters. The number of aromatic nitrogens is 2. The van der Waals surface area contributed by atoms with Gasteiger partial charge in [0.2, 0.25) is 5.95 Å². The van der Waals surface area contributed by atoms with Gasteiger partial charge in [0.05, 0.1) is 6.26 Å². The van der Waals surface area contributed by atoms with Crippen molar-refractivity contribution < 1.29 is 9.21 Å². The van der Waals surface area contributed by atoms with E-state index < -0.39 is 0 Å². The molecule has 7 nitrogen and oxygen atoms in total. The van der Waals surface area contributed by atoms with Gasteiger partial charge in [-0.2, -0.15) is 4.98 Å². The lowest BCUT2D eigenvalue weighted by Crippen LogP contribution is -2.49. The Balaban J connectivity index is 1.42. The molecule has 1 aliphatic rings. The lowest BCUT2D eigenvalue weighted by atomic mass is 10.2. The van der Waals surface area contributed by atoms with Crippen LogP contribution in [0.15, 0.2) is 65.4 Å². The molecule has 1 saturated heterocycles. The average Bonchev–Trinajstić information content (AvgIpc) is 3.33. The third kappa shape index (κ3) is 4.39. The highest BCUT2D eigenvalue weighted by Gasteiger charge is 2.24. The zero-order valence-electron chi connectivity index (χ0n) is 16.6. The van der Waals surface area contributed by atoms with Crippen LogP contribution in [0.5, 0.6) is 0 Å². The maximum Gasteiger partial charge on any atom is 0.289 e. The summed E-state index contributed by atoms with van der Waals surface area (Å²) in [6.07, 6.45) is 3.34. The Kier molecular flexibility index (Phi) is 5.74. The molecule has 29 heavy (non-hydrogen) atoms. The molecule has 0 unspecified atom stereocenters. The summed E-state index contributed by atoms with van der Waals surface area (Å²) in [5, 5.41) is 0. The quantitative estimate of drug-likeness (QED) is 0.643. The van der Waals surface area contributed by atoms with Gasteiger partial charge in [-0.05, 0) is 30.7 Å². The molecule has 1 aromatic carbocycles. The minimum atomic E-state index is -0.0574. The van der Waals surface area contributed by atoms with Crippen LogP contribution < -0.4 is 9.80 Å². The monoisotopic (exact) mass is 391 g/mol. The van der Waals surface area contributed by atoms with Crippen LogP contribution in [0.4, 0.5) is 11.8 Å². The van der Waals surface area contributed by atoms with Crippen LogP contribution in [0, 0.1) is 0 Å². The van der Waals surface area contributed by atoms with Crippen molar-refractivity contribution in [2.24, 2.45) is 0 Å². The van der Waals surface area contributed by atoms with Gasteiger partial charge < -0.3 is 19.1 Å². The van der Waals surface area contributed by atoms with Crippen molar-refractivity contribution in [3.05, 3.63) is 72.3 Å². The summed E-state index contributed by atoms with van der Waals surface area (Å²) in [4.78, 5) is 27.9. The van der Waals surface area contributed by atoms with E-state index in [0.717, 1.165) is 37.9 Å². The number of anilines is 2. The van der Waals surface area contributed by atoms with E-state index in [-0.39, 0.29) is 5.91 Å². The Morgan fingerprint density at radius 2 is 1.86 bits per heavy atom. The number of piperazine rings is 1. The van der Waals surface area contributed by atoms with E-state index in [9.17, 15) is 4.79 Å². The van der Waals surface area contributed by atoms with Crippen LogP contribution >= 0.6 is 0 Å². The highest BCUT2D eigenvalue weighted by Crippen LogP contribution is 2.19. The number of nitrogens with zero attached hydrogens (tertiary/aromatic N) is 5. The Morgan fingerprint density at radius 3 is 2.55 bits per heavy atom. The normalized spacial score (nSPS) is 14.1. The van der Waals surface area contributed by atoms with Gasteiger partial charge in [-0.15, -0.1) is 0 Å². The average molecular weight is 391 g/mol. The van der Waals surface area contributed by atoms with Crippen LogP contribution in [-0.4, -0.2) is 53.5 Å². The van der Waals surface area contributed by atoms with Gasteiger partial charge in [0.1, 0.15) is 5.82 Å². The van der Waals surface area contributed by atoms with Crippen molar-refractivity contribution in [2.45, 2.75) is 13.5 Å². The summed E-state index contributed by atoms with van der Waals surface area (Å²) in [5.41, 5.74) is 1.23. The first-order valence-corrected chi connectivity index (χ1v) is 9.94. The molecule has 0 radical (unpaired) electrons. The molecule has 0 aliphatic carbocycles. The Hall–Kier alpha value is -3.35. The number of hydrogen-bond acceptors (Lipinski definition) is 6. The highest BCUT2D eigenvalue weighted by molar-refractivity contribution is 5.91. The van der Waals surface area contributed by atoms with E-state index in [2.05, 4.69) is 33.8 Å². The molecule has 3 heterocycles. The van der Waals surface area contributed by atoms with Crippen LogP contribution in [-0.2, 0) is 6.54 Å². The summed E-state index contributed by atoms with van der Waals surface area (Å²) in [6, 6.07) is 15.7. The second-order valence-electron chi connectivity index (χ2n) is 6.97. The number of carbonyl (C=O) groups excluding carboxylic acids is 1. The lowest BCUT2D eigenvalue weighted by molar-refractivity contribution is 0.0714.